The molecule has 0 atom stereocenters. The lowest BCUT2D eigenvalue weighted by Gasteiger charge is -2.29. The second kappa shape index (κ2) is 6.24. The molecule has 2 nitrogen and oxygen atoms in total. The molecule has 0 saturated carbocycles. The number of hydrogen-bond donors (Lipinski definition) is 0. The Morgan fingerprint density at radius 3 is 2.68 bits per heavy atom. The average molecular weight is 267 g/mol. The van der Waals surface area contributed by atoms with Crippen LogP contribution >= 0.6 is 0 Å². The summed E-state index contributed by atoms with van der Waals surface area (Å²) in [6.07, 6.45) is 2.53. The Labute approximate surface area is 112 Å². The second-order valence-corrected chi connectivity index (χ2v) is 5.32. The minimum Gasteiger partial charge on any atom is -0.303 e. The van der Waals surface area contributed by atoms with Crippen molar-refractivity contribution in [1.82, 2.24) is 4.90 Å². The predicted octanol–water partition coefficient (Wildman–Crippen LogP) is 3.27. The highest BCUT2D eigenvalue weighted by molar-refractivity contribution is 5.96. The van der Waals surface area contributed by atoms with Crippen LogP contribution in [0.4, 0.5) is 8.78 Å². The van der Waals surface area contributed by atoms with E-state index in [1.165, 1.54) is 0 Å². The maximum absolute atomic E-state index is 13.4. The first-order chi connectivity index (χ1) is 9.06. The first kappa shape index (κ1) is 14.1. The van der Waals surface area contributed by atoms with Crippen LogP contribution in [0.15, 0.2) is 18.2 Å². The molecule has 0 unspecified atom stereocenters. The Hall–Kier alpha value is -1.29. The van der Waals surface area contributed by atoms with E-state index in [-0.39, 0.29) is 17.8 Å². The fraction of sp³-hybridized carbons (Fsp3) is 0.533. The van der Waals surface area contributed by atoms with Gasteiger partial charge in [0.1, 0.15) is 11.6 Å². The number of carbonyl (C=O) groups is 1. The highest BCUT2D eigenvalue weighted by Crippen LogP contribution is 2.17. The summed E-state index contributed by atoms with van der Waals surface area (Å²) in [5.41, 5.74) is -0.134. The maximum atomic E-state index is 13.4. The zero-order valence-corrected chi connectivity index (χ0v) is 11.2. The van der Waals surface area contributed by atoms with Crippen molar-refractivity contribution in [2.45, 2.75) is 26.2 Å². The summed E-state index contributed by atoms with van der Waals surface area (Å²) in [7, 11) is 0. The third kappa shape index (κ3) is 3.83. The number of piperidine rings is 1. The first-order valence-electron chi connectivity index (χ1n) is 6.77. The van der Waals surface area contributed by atoms with Crippen LogP contribution in [0.5, 0.6) is 0 Å². The van der Waals surface area contributed by atoms with Crippen molar-refractivity contribution in [2.75, 3.05) is 19.6 Å². The molecule has 104 valence electrons. The first-order valence-corrected chi connectivity index (χ1v) is 6.77. The number of likely N-dealkylation sites (tertiary alicyclic amines) is 1. The number of nitrogens with zero attached hydrogens (tertiary/aromatic N) is 1. The lowest BCUT2D eigenvalue weighted by molar-refractivity contribution is 0.0948. The van der Waals surface area contributed by atoms with Gasteiger partial charge in [-0.1, -0.05) is 6.92 Å². The van der Waals surface area contributed by atoms with Gasteiger partial charge in [0.05, 0.1) is 5.56 Å². The number of ketones is 1. The Morgan fingerprint density at radius 2 is 2.00 bits per heavy atom. The molecule has 0 bridgehead atoms. The molecule has 0 amide bonds. The quantitative estimate of drug-likeness (QED) is 0.780. The number of hydrogen-bond acceptors (Lipinski definition) is 2. The summed E-state index contributed by atoms with van der Waals surface area (Å²) in [5, 5.41) is 0. The molecule has 2 rings (SSSR count). The van der Waals surface area contributed by atoms with E-state index in [0.29, 0.717) is 6.54 Å². The van der Waals surface area contributed by atoms with Crippen LogP contribution in [0.25, 0.3) is 0 Å². The van der Waals surface area contributed by atoms with Gasteiger partial charge >= 0.3 is 0 Å². The molecule has 1 fully saturated rings. The van der Waals surface area contributed by atoms with Crippen molar-refractivity contribution < 1.29 is 13.6 Å². The molecule has 1 aromatic rings. The SMILES string of the molecule is CC1CCN(CCC(=O)c2cc(F)ccc2F)CC1. The Bertz CT molecular complexity index is 453. The van der Waals surface area contributed by atoms with E-state index in [0.717, 1.165) is 50.0 Å². The van der Waals surface area contributed by atoms with Crippen LogP contribution in [0.2, 0.25) is 0 Å². The number of carbonyl (C=O) groups excluding carboxylic acids is 1. The van der Waals surface area contributed by atoms with Gasteiger partial charge in [-0.25, -0.2) is 8.78 Å². The van der Waals surface area contributed by atoms with Crippen LogP contribution in [-0.4, -0.2) is 30.3 Å². The summed E-state index contributed by atoms with van der Waals surface area (Å²) >= 11 is 0. The van der Waals surface area contributed by atoms with Crippen LogP contribution in [-0.2, 0) is 0 Å². The zero-order valence-electron chi connectivity index (χ0n) is 11.2. The van der Waals surface area contributed by atoms with Gasteiger partial charge in [-0.05, 0) is 50.0 Å². The predicted molar refractivity (Wildman–Crippen MR) is 70.1 cm³/mol. The molecule has 1 aliphatic heterocycles. The number of rotatable bonds is 4. The molecule has 0 N–H and O–H groups in total. The Kier molecular flexibility index (Phi) is 4.64. The Balaban J connectivity index is 1.89. The number of halogens is 2. The maximum Gasteiger partial charge on any atom is 0.167 e. The van der Waals surface area contributed by atoms with Gasteiger partial charge in [0, 0.05) is 13.0 Å². The van der Waals surface area contributed by atoms with Crippen LogP contribution in [0.1, 0.15) is 36.5 Å². The lowest BCUT2D eigenvalue weighted by Crippen LogP contribution is -2.34. The molecule has 0 radical (unpaired) electrons. The normalized spacial score (nSPS) is 17.6. The molecule has 1 aliphatic rings. The van der Waals surface area contributed by atoms with E-state index in [1.54, 1.807) is 0 Å². The molecular formula is C15H19F2NO. The van der Waals surface area contributed by atoms with E-state index >= 15 is 0 Å². The van der Waals surface area contributed by atoms with Crippen molar-refractivity contribution >= 4 is 5.78 Å². The van der Waals surface area contributed by atoms with Gasteiger partial charge in [0.15, 0.2) is 5.78 Å². The molecule has 1 heterocycles. The van der Waals surface area contributed by atoms with Gasteiger partial charge in [-0.15, -0.1) is 0 Å². The molecular weight excluding hydrogens is 248 g/mol. The molecule has 0 aliphatic carbocycles. The highest BCUT2D eigenvalue weighted by atomic mass is 19.1. The average Bonchev–Trinajstić information content (AvgIpc) is 2.40. The topological polar surface area (TPSA) is 20.3 Å². The summed E-state index contributed by atoms with van der Waals surface area (Å²) in [5.74, 6) is -0.793. The number of benzene rings is 1. The lowest BCUT2D eigenvalue weighted by atomic mass is 9.99. The summed E-state index contributed by atoms with van der Waals surface area (Å²) in [6.45, 7) is 4.83. The fourth-order valence-corrected chi connectivity index (χ4v) is 2.39. The molecule has 1 aromatic carbocycles. The molecule has 19 heavy (non-hydrogen) atoms. The molecule has 0 aromatic heterocycles. The minimum atomic E-state index is -0.640. The van der Waals surface area contributed by atoms with Gasteiger partial charge in [0.2, 0.25) is 0 Å². The van der Waals surface area contributed by atoms with Crippen molar-refractivity contribution in [3.63, 3.8) is 0 Å². The van der Waals surface area contributed by atoms with E-state index in [9.17, 15) is 13.6 Å². The van der Waals surface area contributed by atoms with Gasteiger partial charge in [-0.3, -0.25) is 4.79 Å². The van der Waals surface area contributed by atoms with Gasteiger partial charge in [-0.2, -0.15) is 0 Å². The zero-order chi connectivity index (χ0) is 13.8. The summed E-state index contributed by atoms with van der Waals surface area (Å²) < 4.78 is 26.5. The Morgan fingerprint density at radius 1 is 1.32 bits per heavy atom. The molecule has 1 saturated heterocycles. The van der Waals surface area contributed by atoms with Crippen molar-refractivity contribution in [2.24, 2.45) is 5.92 Å². The van der Waals surface area contributed by atoms with Crippen LogP contribution in [0, 0.1) is 17.6 Å². The van der Waals surface area contributed by atoms with Gasteiger partial charge < -0.3 is 4.90 Å². The monoisotopic (exact) mass is 267 g/mol. The van der Waals surface area contributed by atoms with E-state index in [2.05, 4.69) is 11.8 Å². The van der Waals surface area contributed by atoms with E-state index < -0.39 is 11.6 Å². The largest absolute Gasteiger partial charge is 0.303 e. The molecule has 4 heteroatoms. The van der Waals surface area contributed by atoms with Gasteiger partial charge in [0.25, 0.3) is 0 Å². The third-order valence-electron chi connectivity index (χ3n) is 3.76. The van der Waals surface area contributed by atoms with E-state index in [4.69, 9.17) is 0 Å². The minimum absolute atomic E-state index is 0.134. The van der Waals surface area contributed by atoms with Crippen LogP contribution < -0.4 is 0 Å². The summed E-state index contributed by atoms with van der Waals surface area (Å²) in [6, 6.07) is 3.01. The van der Waals surface area contributed by atoms with E-state index in [1.807, 2.05) is 0 Å². The summed E-state index contributed by atoms with van der Waals surface area (Å²) in [4.78, 5) is 14.1. The van der Waals surface area contributed by atoms with Crippen molar-refractivity contribution in [3.05, 3.63) is 35.4 Å². The number of Topliss-reactive ketones (excluding diaryl/α,β-unsaturated/α-hetero) is 1. The van der Waals surface area contributed by atoms with Crippen molar-refractivity contribution in [3.8, 4) is 0 Å². The third-order valence-corrected chi connectivity index (χ3v) is 3.76. The smallest absolute Gasteiger partial charge is 0.167 e. The molecule has 0 spiro atoms. The standard InChI is InChI=1S/C15H19F2NO/c1-11-4-7-18(8-5-11)9-6-15(19)13-10-12(16)2-3-14(13)17/h2-3,10-11H,4-9H2,1H3. The fourth-order valence-electron chi connectivity index (χ4n) is 2.39. The second-order valence-electron chi connectivity index (χ2n) is 5.32. The highest BCUT2D eigenvalue weighted by Gasteiger charge is 2.18. The van der Waals surface area contributed by atoms with Crippen molar-refractivity contribution in [1.29, 1.82) is 0 Å². The van der Waals surface area contributed by atoms with Crippen LogP contribution in [0.3, 0.4) is 0 Å².